The molecular weight excluding hydrogens is 442 g/mol. The van der Waals surface area contributed by atoms with Gasteiger partial charge in [-0.05, 0) is 48.4 Å². The lowest BCUT2D eigenvalue weighted by Crippen LogP contribution is -2.56. The maximum absolute atomic E-state index is 13.7. The predicted molar refractivity (Wildman–Crippen MR) is 135 cm³/mol. The second kappa shape index (κ2) is 11.2. The lowest BCUT2D eigenvalue weighted by molar-refractivity contribution is -0.136. The van der Waals surface area contributed by atoms with Crippen LogP contribution in [0.4, 0.5) is 4.79 Å². The van der Waals surface area contributed by atoms with Crippen LogP contribution in [0.1, 0.15) is 37.8 Å². The van der Waals surface area contributed by atoms with Crippen LogP contribution in [0.2, 0.25) is 0 Å². The maximum Gasteiger partial charge on any atom is 0.327 e. The molecule has 0 radical (unpaired) electrons. The van der Waals surface area contributed by atoms with Crippen molar-refractivity contribution in [2.24, 2.45) is 5.92 Å². The first-order valence-corrected chi connectivity index (χ1v) is 12.7. The van der Waals surface area contributed by atoms with Gasteiger partial charge in [-0.25, -0.2) is 4.79 Å². The van der Waals surface area contributed by atoms with Gasteiger partial charge in [0.25, 0.3) is 5.91 Å². The van der Waals surface area contributed by atoms with Crippen LogP contribution >= 0.6 is 0 Å². The van der Waals surface area contributed by atoms with Crippen molar-refractivity contribution in [2.45, 2.75) is 45.2 Å². The van der Waals surface area contributed by atoms with Crippen LogP contribution in [0.25, 0.3) is 0 Å². The van der Waals surface area contributed by atoms with Gasteiger partial charge in [-0.15, -0.1) is 0 Å². The van der Waals surface area contributed by atoms with Crippen LogP contribution in [0.15, 0.2) is 54.6 Å². The fourth-order valence-corrected chi connectivity index (χ4v) is 5.22. The number of benzene rings is 2. The van der Waals surface area contributed by atoms with Crippen molar-refractivity contribution in [1.82, 2.24) is 14.7 Å². The number of amides is 3. The van der Waals surface area contributed by atoms with E-state index in [1.165, 1.54) is 10.5 Å². The highest BCUT2D eigenvalue weighted by Gasteiger charge is 2.57. The summed E-state index contributed by atoms with van der Waals surface area (Å²) in [6.07, 6.45) is 2.02. The molecule has 7 heteroatoms. The Morgan fingerprint density at radius 3 is 2.40 bits per heavy atom. The van der Waals surface area contributed by atoms with Crippen LogP contribution in [0.5, 0.6) is 5.75 Å². The number of urea groups is 1. The van der Waals surface area contributed by atoms with Crippen molar-refractivity contribution in [1.29, 1.82) is 0 Å². The number of hydrogen-bond donors (Lipinski definition) is 1. The first-order valence-electron chi connectivity index (χ1n) is 12.7. The fourth-order valence-electron chi connectivity index (χ4n) is 5.22. The molecule has 1 N–H and O–H groups in total. The summed E-state index contributed by atoms with van der Waals surface area (Å²) in [5, 5.41) is 9.00. The van der Waals surface area contributed by atoms with Gasteiger partial charge in [0.2, 0.25) is 0 Å². The van der Waals surface area contributed by atoms with E-state index in [9.17, 15) is 9.59 Å². The molecule has 0 unspecified atom stereocenters. The SMILES string of the molecule is CC(C)CN1C(=O)N(CCc2ccccc2)C2(CCN(Cc3cccc(OCCO)c3)CC2)C1=O. The summed E-state index contributed by atoms with van der Waals surface area (Å²) in [4.78, 5) is 32.8. The Hall–Kier alpha value is -2.90. The minimum atomic E-state index is -0.747. The summed E-state index contributed by atoms with van der Waals surface area (Å²) >= 11 is 0. The largest absolute Gasteiger partial charge is 0.491 e. The van der Waals surface area contributed by atoms with Gasteiger partial charge in [-0.1, -0.05) is 56.3 Å². The Balaban J connectivity index is 1.46. The van der Waals surface area contributed by atoms with Gasteiger partial charge in [0.15, 0.2) is 0 Å². The van der Waals surface area contributed by atoms with E-state index >= 15 is 0 Å². The normalized spacial score (nSPS) is 18.2. The van der Waals surface area contributed by atoms with Crippen molar-refractivity contribution >= 4 is 11.9 Å². The van der Waals surface area contributed by atoms with E-state index in [4.69, 9.17) is 9.84 Å². The highest BCUT2D eigenvalue weighted by molar-refractivity contribution is 6.07. The summed E-state index contributed by atoms with van der Waals surface area (Å²) in [6.45, 7) is 7.61. The Morgan fingerprint density at radius 1 is 1.00 bits per heavy atom. The Kier molecular flexibility index (Phi) is 8.08. The predicted octanol–water partition coefficient (Wildman–Crippen LogP) is 3.56. The number of aliphatic hydroxyl groups excluding tert-OH is 1. The van der Waals surface area contributed by atoms with Crippen molar-refractivity contribution in [3.63, 3.8) is 0 Å². The van der Waals surface area contributed by atoms with E-state index in [-0.39, 0.29) is 31.1 Å². The van der Waals surface area contributed by atoms with Gasteiger partial charge >= 0.3 is 6.03 Å². The van der Waals surface area contributed by atoms with Gasteiger partial charge in [0.1, 0.15) is 17.9 Å². The number of carbonyl (C=O) groups excluding carboxylic acids is 2. The molecule has 2 heterocycles. The summed E-state index contributed by atoms with van der Waals surface area (Å²) in [5.74, 6) is 0.954. The van der Waals surface area contributed by atoms with Crippen molar-refractivity contribution in [3.05, 3.63) is 65.7 Å². The molecule has 188 valence electrons. The Morgan fingerprint density at radius 2 is 1.71 bits per heavy atom. The lowest BCUT2D eigenvalue weighted by atomic mass is 9.85. The van der Waals surface area contributed by atoms with E-state index in [1.54, 1.807) is 0 Å². The molecule has 4 rings (SSSR count). The molecule has 0 aromatic heterocycles. The van der Waals surface area contributed by atoms with E-state index in [0.29, 0.717) is 25.9 Å². The first kappa shape index (κ1) is 25.2. The number of carbonyl (C=O) groups is 2. The van der Waals surface area contributed by atoms with Gasteiger partial charge < -0.3 is 14.7 Å². The summed E-state index contributed by atoms with van der Waals surface area (Å²) in [7, 11) is 0. The number of hydrogen-bond acceptors (Lipinski definition) is 5. The second-order valence-electron chi connectivity index (χ2n) is 10.0. The molecule has 1 spiro atoms. The quantitative estimate of drug-likeness (QED) is 0.528. The van der Waals surface area contributed by atoms with Crippen molar-refractivity contribution < 1.29 is 19.4 Å². The summed E-state index contributed by atoms with van der Waals surface area (Å²) in [6, 6.07) is 17.9. The smallest absolute Gasteiger partial charge is 0.327 e. The van der Waals surface area contributed by atoms with Crippen molar-refractivity contribution in [3.8, 4) is 5.75 Å². The van der Waals surface area contributed by atoms with Crippen LogP contribution in [-0.2, 0) is 17.8 Å². The fraction of sp³-hybridized carbons (Fsp3) is 0.500. The molecular formula is C28H37N3O4. The molecule has 7 nitrogen and oxygen atoms in total. The molecule has 2 saturated heterocycles. The number of ether oxygens (including phenoxy) is 1. The molecule has 35 heavy (non-hydrogen) atoms. The van der Waals surface area contributed by atoms with Crippen LogP contribution < -0.4 is 4.74 Å². The number of piperidine rings is 1. The standard InChI is InChI=1S/C28H37N3O4/c1-22(2)20-30-26(33)28(31(27(30)34)14-11-23-7-4-3-5-8-23)12-15-29(16-13-28)21-24-9-6-10-25(19-24)35-18-17-32/h3-10,19,22,32H,11-18,20-21H2,1-2H3. The van der Waals surface area contributed by atoms with Crippen LogP contribution in [-0.4, -0.2) is 76.7 Å². The third-order valence-electron chi connectivity index (χ3n) is 6.98. The number of nitrogens with zero attached hydrogens (tertiary/aromatic N) is 3. The third-order valence-corrected chi connectivity index (χ3v) is 6.98. The summed E-state index contributed by atoms with van der Waals surface area (Å²) in [5.41, 5.74) is 1.56. The molecule has 0 bridgehead atoms. The highest BCUT2D eigenvalue weighted by atomic mass is 16.5. The zero-order valence-corrected chi connectivity index (χ0v) is 20.9. The monoisotopic (exact) mass is 479 g/mol. The Labute approximate surface area is 208 Å². The lowest BCUT2D eigenvalue weighted by Gasteiger charge is -2.42. The number of likely N-dealkylation sites (tertiary alicyclic amines) is 1. The minimum Gasteiger partial charge on any atom is -0.491 e. The molecule has 2 aromatic carbocycles. The average Bonchev–Trinajstić information content (AvgIpc) is 3.04. The molecule has 0 aliphatic carbocycles. The molecule has 3 amide bonds. The van der Waals surface area contributed by atoms with E-state index in [2.05, 4.69) is 23.1 Å². The van der Waals surface area contributed by atoms with E-state index in [1.807, 2.05) is 55.1 Å². The zero-order chi connectivity index (χ0) is 24.8. The van der Waals surface area contributed by atoms with Gasteiger partial charge in [-0.3, -0.25) is 14.6 Å². The van der Waals surface area contributed by atoms with Gasteiger partial charge in [0.05, 0.1) is 6.61 Å². The van der Waals surface area contributed by atoms with E-state index in [0.717, 1.165) is 37.4 Å². The maximum atomic E-state index is 13.7. The number of aliphatic hydroxyl groups is 1. The van der Waals surface area contributed by atoms with E-state index < -0.39 is 5.54 Å². The first-order chi connectivity index (χ1) is 16.9. The van der Waals surface area contributed by atoms with Crippen LogP contribution in [0.3, 0.4) is 0 Å². The highest BCUT2D eigenvalue weighted by Crippen LogP contribution is 2.38. The Bertz CT molecular complexity index is 1000. The van der Waals surface area contributed by atoms with Crippen molar-refractivity contribution in [2.75, 3.05) is 39.4 Å². The second-order valence-corrected chi connectivity index (χ2v) is 10.0. The molecule has 2 aliphatic heterocycles. The molecule has 0 atom stereocenters. The molecule has 2 aliphatic rings. The van der Waals surface area contributed by atoms with Gasteiger partial charge in [-0.2, -0.15) is 0 Å². The number of rotatable bonds is 10. The molecule has 2 aromatic rings. The summed E-state index contributed by atoms with van der Waals surface area (Å²) < 4.78 is 5.54. The molecule has 2 fully saturated rings. The topological polar surface area (TPSA) is 73.3 Å². The third kappa shape index (κ3) is 5.68. The zero-order valence-electron chi connectivity index (χ0n) is 20.9. The minimum absolute atomic E-state index is 0.0141. The average molecular weight is 480 g/mol. The van der Waals surface area contributed by atoms with Gasteiger partial charge in [0, 0.05) is 32.7 Å². The molecule has 0 saturated carbocycles. The van der Waals surface area contributed by atoms with Crippen LogP contribution in [0, 0.1) is 5.92 Å². The number of imide groups is 1.